The molecule has 98 valence electrons. The minimum atomic E-state index is -0.00856. The molecule has 0 bridgehead atoms. The van der Waals surface area contributed by atoms with Crippen LogP contribution in [0.4, 0.5) is 0 Å². The van der Waals surface area contributed by atoms with Gasteiger partial charge in [0.25, 0.3) is 5.91 Å². The van der Waals surface area contributed by atoms with Gasteiger partial charge < -0.3 is 10.6 Å². The number of nitrogens with zero attached hydrogens (tertiary/aromatic N) is 1. The maximum Gasteiger partial charge on any atom is 0.253 e. The first-order valence-corrected chi connectivity index (χ1v) is 7.27. The highest BCUT2D eigenvalue weighted by Crippen LogP contribution is 2.16. The van der Waals surface area contributed by atoms with Crippen molar-refractivity contribution in [2.75, 3.05) is 19.8 Å². The van der Waals surface area contributed by atoms with Gasteiger partial charge in [-0.15, -0.1) is 11.8 Å². The molecule has 5 heteroatoms. The topological polar surface area (TPSA) is 46.3 Å². The Hall–Kier alpha value is -1.07. The standard InChI is InChI=1S/C13H18N2OS2/c1-9(12(14)17)8-15(2)13(16)10-4-6-11(18-3)7-5-10/h4-7,9H,8H2,1-3H3,(H2,14,17). The summed E-state index contributed by atoms with van der Waals surface area (Å²) in [6, 6.07) is 7.58. The van der Waals surface area contributed by atoms with E-state index in [2.05, 4.69) is 0 Å². The van der Waals surface area contributed by atoms with Crippen LogP contribution in [0.1, 0.15) is 17.3 Å². The van der Waals surface area contributed by atoms with Crippen LogP contribution in [0.15, 0.2) is 29.2 Å². The molecule has 0 radical (unpaired) electrons. The molecule has 0 spiro atoms. The maximum absolute atomic E-state index is 12.1. The van der Waals surface area contributed by atoms with E-state index in [0.717, 1.165) is 4.90 Å². The molecule has 1 rings (SSSR count). The average Bonchev–Trinajstić information content (AvgIpc) is 2.37. The van der Waals surface area contributed by atoms with E-state index < -0.39 is 0 Å². The minimum Gasteiger partial charge on any atom is -0.393 e. The molecule has 0 aliphatic rings. The number of nitrogens with two attached hydrogens (primary N) is 1. The lowest BCUT2D eigenvalue weighted by Gasteiger charge is -2.21. The molecule has 0 aromatic heterocycles. The zero-order chi connectivity index (χ0) is 13.7. The van der Waals surface area contributed by atoms with Crippen molar-refractivity contribution in [3.8, 4) is 0 Å². The van der Waals surface area contributed by atoms with Gasteiger partial charge in [-0.1, -0.05) is 19.1 Å². The molecule has 1 aromatic rings. The van der Waals surface area contributed by atoms with Gasteiger partial charge in [-0.05, 0) is 30.5 Å². The summed E-state index contributed by atoms with van der Waals surface area (Å²) in [5.74, 6) is 0.0187. The second-order valence-corrected chi connectivity index (χ2v) is 5.57. The van der Waals surface area contributed by atoms with Crippen molar-refractivity contribution >= 4 is 34.9 Å². The fourth-order valence-electron chi connectivity index (χ4n) is 1.54. The van der Waals surface area contributed by atoms with E-state index in [1.165, 1.54) is 0 Å². The van der Waals surface area contributed by atoms with Gasteiger partial charge in [0.15, 0.2) is 0 Å². The lowest BCUT2D eigenvalue weighted by Crippen LogP contribution is -2.35. The minimum absolute atomic E-state index is 0.00856. The molecule has 0 saturated carbocycles. The van der Waals surface area contributed by atoms with Crippen LogP contribution in [0.5, 0.6) is 0 Å². The molecular weight excluding hydrogens is 264 g/mol. The number of benzene rings is 1. The van der Waals surface area contributed by atoms with Crippen LogP contribution in [0.3, 0.4) is 0 Å². The van der Waals surface area contributed by atoms with Gasteiger partial charge in [0.05, 0.1) is 4.99 Å². The van der Waals surface area contributed by atoms with E-state index in [0.29, 0.717) is 17.1 Å². The molecule has 2 N–H and O–H groups in total. The van der Waals surface area contributed by atoms with Gasteiger partial charge >= 0.3 is 0 Å². The van der Waals surface area contributed by atoms with Gasteiger partial charge in [-0.2, -0.15) is 0 Å². The first-order chi connectivity index (χ1) is 8.45. The molecule has 18 heavy (non-hydrogen) atoms. The van der Waals surface area contributed by atoms with Crippen molar-refractivity contribution in [2.45, 2.75) is 11.8 Å². The van der Waals surface area contributed by atoms with E-state index in [4.69, 9.17) is 18.0 Å². The predicted molar refractivity (Wildman–Crippen MR) is 81.1 cm³/mol. The van der Waals surface area contributed by atoms with Crippen LogP contribution in [0, 0.1) is 5.92 Å². The molecule has 1 aromatic carbocycles. The molecule has 0 fully saturated rings. The molecule has 1 atom stereocenters. The van der Waals surface area contributed by atoms with Crippen molar-refractivity contribution in [2.24, 2.45) is 11.7 Å². The maximum atomic E-state index is 12.1. The molecule has 0 aliphatic carbocycles. The second kappa shape index (κ2) is 6.75. The largest absolute Gasteiger partial charge is 0.393 e. The van der Waals surface area contributed by atoms with Crippen molar-refractivity contribution in [1.82, 2.24) is 4.90 Å². The van der Waals surface area contributed by atoms with Gasteiger partial charge in [0, 0.05) is 30.0 Å². The molecular formula is C13H18N2OS2. The van der Waals surface area contributed by atoms with Crippen LogP contribution in [-0.2, 0) is 0 Å². The Kier molecular flexibility index (Phi) is 5.62. The fourth-order valence-corrected chi connectivity index (χ4v) is 2.02. The number of carbonyl (C=O) groups excluding carboxylic acids is 1. The zero-order valence-electron chi connectivity index (χ0n) is 10.8. The summed E-state index contributed by atoms with van der Waals surface area (Å²) in [6.07, 6.45) is 2.01. The van der Waals surface area contributed by atoms with Gasteiger partial charge in [0.1, 0.15) is 0 Å². The SMILES string of the molecule is CSc1ccc(C(=O)N(C)CC(C)C(N)=S)cc1. The lowest BCUT2D eigenvalue weighted by molar-refractivity contribution is 0.0787. The Labute approximate surface area is 118 Å². The Morgan fingerprint density at radius 1 is 1.44 bits per heavy atom. The predicted octanol–water partition coefficient (Wildman–Crippen LogP) is 2.40. The monoisotopic (exact) mass is 282 g/mol. The molecule has 0 aliphatic heterocycles. The number of hydrogen-bond donors (Lipinski definition) is 1. The van der Waals surface area contributed by atoms with Gasteiger partial charge in [-0.3, -0.25) is 4.79 Å². The van der Waals surface area contributed by atoms with Crippen molar-refractivity contribution in [3.05, 3.63) is 29.8 Å². The number of carbonyl (C=O) groups is 1. The zero-order valence-corrected chi connectivity index (χ0v) is 12.5. The number of hydrogen-bond acceptors (Lipinski definition) is 3. The summed E-state index contributed by atoms with van der Waals surface area (Å²) in [5.41, 5.74) is 6.24. The van der Waals surface area contributed by atoms with Crippen LogP contribution in [0.25, 0.3) is 0 Å². The van der Waals surface area contributed by atoms with Gasteiger partial charge in [-0.25, -0.2) is 0 Å². The summed E-state index contributed by atoms with van der Waals surface area (Å²) in [6.45, 7) is 2.46. The lowest BCUT2D eigenvalue weighted by atomic mass is 10.1. The third kappa shape index (κ3) is 3.99. The van der Waals surface area contributed by atoms with E-state index >= 15 is 0 Å². The summed E-state index contributed by atoms with van der Waals surface area (Å²) in [5, 5.41) is 0. The first-order valence-electron chi connectivity index (χ1n) is 5.64. The first kappa shape index (κ1) is 15.0. The third-order valence-corrected chi connectivity index (χ3v) is 3.86. The summed E-state index contributed by atoms with van der Waals surface area (Å²) < 4.78 is 0. The summed E-state index contributed by atoms with van der Waals surface area (Å²) in [4.78, 5) is 15.4. The van der Waals surface area contributed by atoms with Crippen molar-refractivity contribution < 1.29 is 4.79 Å². The van der Waals surface area contributed by atoms with Gasteiger partial charge in [0.2, 0.25) is 0 Å². The van der Waals surface area contributed by atoms with E-state index in [-0.39, 0.29) is 11.8 Å². The van der Waals surface area contributed by atoms with E-state index in [1.54, 1.807) is 23.7 Å². The fraction of sp³-hybridized carbons (Fsp3) is 0.385. The van der Waals surface area contributed by atoms with Crippen LogP contribution in [-0.4, -0.2) is 35.6 Å². The number of rotatable bonds is 5. The number of thioether (sulfide) groups is 1. The molecule has 3 nitrogen and oxygen atoms in total. The number of thiocarbonyl (C=S) groups is 1. The highest BCUT2D eigenvalue weighted by atomic mass is 32.2. The van der Waals surface area contributed by atoms with Crippen LogP contribution in [0.2, 0.25) is 0 Å². The molecule has 0 saturated heterocycles. The Bertz CT molecular complexity index is 431. The molecule has 1 amide bonds. The Morgan fingerprint density at radius 2 is 2.00 bits per heavy atom. The summed E-state index contributed by atoms with van der Waals surface area (Å²) in [7, 11) is 1.76. The van der Waals surface area contributed by atoms with Crippen LogP contribution >= 0.6 is 24.0 Å². The van der Waals surface area contributed by atoms with Crippen LogP contribution < -0.4 is 5.73 Å². The third-order valence-electron chi connectivity index (χ3n) is 2.72. The average molecular weight is 282 g/mol. The Morgan fingerprint density at radius 3 is 2.44 bits per heavy atom. The number of amides is 1. The Balaban J connectivity index is 2.70. The highest BCUT2D eigenvalue weighted by molar-refractivity contribution is 7.98. The smallest absolute Gasteiger partial charge is 0.253 e. The molecule has 1 unspecified atom stereocenters. The highest BCUT2D eigenvalue weighted by Gasteiger charge is 2.15. The molecule has 0 heterocycles. The van der Waals surface area contributed by atoms with E-state index in [9.17, 15) is 4.79 Å². The summed E-state index contributed by atoms with van der Waals surface area (Å²) >= 11 is 6.56. The van der Waals surface area contributed by atoms with E-state index in [1.807, 2.05) is 37.4 Å². The quantitative estimate of drug-likeness (QED) is 0.665. The van der Waals surface area contributed by atoms with Crippen molar-refractivity contribution in [3.63, 3.8) is 0 Å². The second-order valence-electron chi connectivity index (χ2n) is 4.22. The normalized spacial score (nSPS) is 11.9. The van der Waals surface area contributed by atoms with Crippen molar-refractivity contribution in [1.29, 1.82) is 0 Å².